The molecule has 0 spiro atoms. The van der Waals surface area contributed by atoms with Crippen LogP contribution in [0.15, 0.2) is 61.2 Å². The number of carbonyl (C=O) groups is 1. The quantitative estimate of drug-likeness (QED) is 0.860. The Morgan fingerprint density at radius 1 is 1.29 bits per heavy atom. The number of phenols is 1. The molecule has 2 aromatic carbocycles. The maximum absolute atomic E-state index is 12.2. The van der Waals surface area contributed by atoms with Gasteiger partial charge in [0, 0.05) is 6.54 Å². The summed E-state index contributed by atoms with van der Waals surface area (Å²) in [5, 5.41) is 9.69. The van der Waals surface area contributed by atoms with Crippen molar-refractivity contribution in [2.24, 2.45) is 0 Å². The Bertz CT molecular complexity index is 727. The molecule has 1 N–H and O–H groups in total. The average Bonchev–Trinajstić information content (AvgIpc) is 2.61. The highest BCUT2D eigenvalue weighted by atomic mass is 16.5. The number of phenolic OH excluding ortho intramolecular Hbond substituents is 1. The van der Waals surface area contributed by atoms with Gasteiger partial charge in [0.25, 0.3) is 0 Å². The zero-order valence-corrected chi connectivity index (χ0v) is 13.5. The predicted molar refractivity (Wildman–Crippen MR) is 92.6 cm³/mol. The number of aromatic hydroxyl groups is 1. The van der Waals surface area contributed by atoms with Crippen LogP contribution < -0.4 is 0 Å². The highest BCUT2D eigenvalue weighted by Crippen LogP contribution is 2.32. The number of fused-ring (bicyclic) bond motifs is 1. The van der Waals surface area contributed by atoms with E-state index in [0.717, 1.165) is 23.1 Å². The van der Waals surface area contributed by atoms with Gasteiger partial charge in [0.1, 0.15) is 5.75 Å². The fraction of sp³-hybridized carbons (Fsp3) is 0.250. The van der Waals surface area contributed by atoms with Crippen molar-refractivity contribution < 1.29 is 14.6 Å². The summed E-state index contributed by atoms with van der Waals surface area (Å²) in [5.41, 5.74) is 3.19. The predicted octanol–water partition coefficient (Wildman–Crippen LogP) is 3.22. The van der Waals surface area contributed by atoms with Crippen LogP contribution in [0.25, 0.3) is 0 Å². The van der Waals surface area contributed by atoms with Crippen molar-refractivity contribution in [3.8, 4) is 5.75 Å². The number of amides is 1. The first-order chi connectivity index (χ1) is 11.7. The van der Waals surface area contributed by atoms with Crippen molar-refractivity contribution in [1.82, 2.24) is 4.90 Å². The van der Waals surface area contributed by atoms with Gasteiger partial charge in [0.2, 0.25) is 5.91 Å². The average molecular weight is 323 g/mol. The van der Waals surface area contributed by atoms with Crippen LogP contribution in [0.5, 0.6) is 5.75 Å². The van der Waals surface area contributed by atoms with Gasteiger partial charge >= 0.3 is 0 Å². The van der Waals surface area contributed by atoms with Crippen molar-refractivity contribution >= 4 is 5.91 Å². The summed E-state index contributed by atoms with van der Waals surface area (Å²) in [4.78, 5) is 14.0. The van der Waals surface area contributed by atoms with Gasteiger partial charge in [-0.25, -0.2) is 0 Å². The van der Waals surface area contributed by atoms with Crippen molar-refractivity contribution in [3.63, 3.8) is 0 Å². The summed E-state index contributed by atoms with van der Waals surface area (Å²) in [5.74, 6) is 0.156. The molecule has 124 valence electrons. The minimum Gasteiger partial charge on any atom is -0.508 e. The first-order valence-corrected chi connectivity index (χ1v) is 8.05. The van der Waals surface area contributed by atoms with Gasteiger partial charge in [-0.2, -0.15) is 0 Å². The zero-order chi connectivity index (χ0) is 16.9. The van der Waals surface area contributed by atoms with Crippen molar-refractivity contribution in [2.45, 2.75) is 19.1 Å². The second-order valence-corrected chi connectivity index (χ2v) is 5.89. The second kappa shape index (κ2) is 7.32. The molecule has 1 unspecified atom stereocenters. The number of ether oxygens (including phenoxy) is 1. The van der Waals surface area contributed by atoms with E-state index in [1.807, 2.05) is 36.4 Å². The van der Waals surface area contributed by atoms with Crippen LogP contribution in [0.4, 0.5) is 0 Å². The van der Waals surface area contributed by atoms with E-state index in [9.17, 15) is 9.90 Å². The molecule has 0 saturated heterocycles. The molecule has 1 aliphatic rings. The van der Waals surface area contributed by atoms with Crippen LogP contribution in [-0.4, -0.2) is 29.1 Å². The number of hydrogen-bond donors (Lipinski definition) is 1. The molecule has 4 heteroatoms. The van der Waals surface area contributed by atoms with E-state index in [2.05, 4.69) is 6.58 Å². The summed E-state index contributed by atoms with van der Waals surface area (Å²) in [6.07, 6.45) is 2.06. The second-order valence-electron chi connectivity index (χ2n) is 5.89. The molecule has 0 aliphatic carbocycles. The van der Waals surface area contributed by atoms with E-state index in [1.165, 1.54) is 6.08 Å². The number of hydrogen-bond acceptors (Lipinski definition) is 3. The van der Waals surface area contributed by atoms with E-state index in [4.69, 9.17) is 4.74 Å². The monoisotopic (exact) mass is 323 g/mol. The van der Waals surface area contributed by atoms with Gasteiger partial charge in [0.15, 0.2) is 0 Å². The molecule has 0 aromatic heterocycles. The first-order valence-electron chi connectivity index (χ1n) is 8.05. The molecular formula is C20H21NO3. The third kappa shape index (κ3) is 3.49. The third-order valence-corrected chi connectivity index (χ3v) is 4.33. The smallest absolute Gasteiger partial charge is 0.246 e. The molecule has 0 bridgehead atoms. The van der Waals surface area contributed by atoms with Gasteiger partial charge < -0.3 is 14.7 Å². The Kier molecular flexibility index (Phi) is 4.96. The highest BCUT2D eigenvalue weighted by Gasteiger charge is 2.30. The van der Waals surface area contributed by atoms with Crippen LogP contribution in [0.3, 0.4) is 0 Å². The highest BCUT2D eigenvalue weighted by molar-refractivity contribution is 5.87. The maximum atomic E-state index is 12.2. The maximum Gasteiger partial charge on any atom is 0.246 e. The van der Waals surface area contributed by atoms with Crippen LogP contribution in [0.2, 0.25) is 0 Å². The van der Waals surface area contributed by atoms with Crippen LogP contribution in [0.1, 0.15) is 22.7 Å². The van der Waals surface area contributed by atoms with Crippen LogP contribution in [0, 0.1) is 0 Å². The van der Waals surface area contributed by atoms with Crippen molar-refractivity contribution in [1.29, 1.82) is 0 Å². The largest absolute Gasteiger partial charge is 0.508 e. The molecule has 1 atom stereocenters. The molecule has 1 amide bonds. The lowest BCUT2D eigenvalue weighted by Gasteiger charge is -2.36. The third-order valence-electron chi connectivity index (χ3n) is 4.33. The minimum absolute atomic E-state index is 0.0953. The summed E-state index contributed by atoms with van der Waals surface area (Å²) in [6, 6.07) is 15.1. The normalized spacial score (nSPS) is 16.5. The number of rotatable bonds is 5. The van der Waals surface area contributed by atoms with Crippen molar-refractivity contribution in [3.05, 3.63) is 77.9 Å². The van der Waals surface area contributed by atoms with Crippen molar-refractivity contribution in [2.75, 3.05) is 13.2 Å². The lowest BCUT2D eigenvalue weighted by Crippen LogP contribution is -2.41. The van der Waals surface area contributed by atoms with E-state index < -0.39 is 0 Å². The Balaban J connectivity index is 1.78. The molecule has 0 fully saturated rings. The Morgan fingerprint density at radius 3 is 2.83 bits per heavy atom. The Labute approximate surface area is 142 Å². The number of carbonyl (C=O) groups excluding carboxylic acids is 1. The molecule has 4 nitrogen and oxygen atoms in total. The van der Waals surface area contributed by atoms with Gasteiger partial charge in [0.05, 0.1) is 19.3 Å². The lowest BCUT2D eigenvalue weighted by molar-refractivity contribution is -0.130. The Hall–Kier alpha value is -2.59. The number of nitrogens with zero attached hydrogens (tertiary/aromatic N) is 1. The SMILES string of the molecule is C=CC(=O)N1CCc2cc(O)ccc2C1COCc1ccccc1. The fourth-order valence-corrected chi connectivity index (χ4v) is 3.12. The molecule has 24 heavy (non-hydrogen) atoms. The summed E-state index contributed by atoms with van der Waals surface area (Å²) < 4.78 is 5.88. The minimum atomic E-state index is -0.163. The summed E-state index contributed by atoms with van der Waals surface area (Å²) in [7, 11) is 0. The summed E-state index contributed by atoms with van der Waals surface area (Å²) >= 11 is 0. The Morgan fingerprint density at radius 2 is 2.08 bits per heavy atom. The summed E-state index contributed by atoms with van der Waals surface area (Å²) in [6.45, 7) is 5.10. The van der Waals surface area contributed by atoms with Gasteiger partial charge in [-0.3, -0.25) is 4.79 Å². The van der Waals surface area contributed by atoms with Crippen LogP contribution >= 0.6 is 0 Å². The van der Waals surface area contributed by atoms with E-state index >= 15 is 0 Å². The molecule has 0 radical (unpaired) electrons. The topological polar surface area (TPSA) is 49.8 Å². The first kappa shape index (κ1) is 16.3. The molecular weight excluding hydrogens is 302 g/mol. The van der Waals surface area contributed by atoms with E-state index in [0.29, 0.717) is 19.8 Å². The number of benzene rings is 2. The molecule has 1 aliphatic heterocycles. The van der Waals surface area contributed by atoms with Crippen LogP contribution in [-0.2, 0) is 22.6 Å². The van der Waals surface area contributed by atoms with E-state index in [-0.39, 0.29) is 17.7 Å². The molecule has 2 aromatic rings. The van der Waals surface area contributed by atoms with Gasteiger partial charge in [-0.1, -0.05) is 43.0 Å². The zero-order valence-electron chi connectivity index (χ0n) is 13.5. The van der Waals surface area contributed by atoms with Gasteiger partial charge in [-0.05, 0) is 41.3 Å². The van der Waals surface area contributed by atoms with E-state index in [1.54, 1.807) is 17.0 Å². The van der Waals surface area contributed by atoms with Gasteiger partial charge in [-0.15, -0.1) is 0 Å². The fourth-order valence-electron chi connectivity index (χ4n) is 3.12. The lowest BCUT2D eigenvalue weighted by atomic mass is 9.92. The molecule has 0 saturated carbocycles. The standard InChI is InChI=1S/C20H21NO3/c1-2-20(23)21-11-10-16-12-17(22)8-9-18(16)19(21)14-24-13-15-6-4-3-5-7-15/h2-9,12,19,22H,1,10-11,13-14H2. The molecule has 1 heterocycles. The molecule has 3 rings (SSSR count).